The summed E-state index contributed by atoms with van der Waals surface area (Å²) in [5, 5.41) is 0. The van der Waals surface area contributed by atoms with Gasteiger partial charge in [0.2, 0.25) is 0 Å². The first kappa shape index (κ1) is 11.8. The van der Waals surface area contributed by atoms with Crippen molar-refractivity contribution in [2.45, 2.75) is 3.97 Å². The Labute approximate surface area is 116 Å². The second-order valence-electron chi connectivity index (χ2n) is 4.05. The molecular weight excluding hydrogens is 343 g/mol. The molecule has 18 heavy (non-hydrogen) atoms. The maximum atomic E-state index is 13.2. The molecule has 1 atom stereocenters. The number of halogens is 1. The van der Waals surface area contributed by atoms with Crippen molar-refractivity contribution in [1.29, 1.82) is 0 Å². The zero-order valence-corrected chi connectivity index (χ0v) is 11.9. The predicted molar refractivity (Wildman–Crippen MR) is 70.4 cm³/mol. The fraction of sp³-hybridized carbons (Fsp3) is 0.0667. The van der Waals surface area contributed by atoms with Gasteiger partial charge in [-0.2, -0.15) is 0 Å². The van der Waals surface area contributed by atoms with Crippen molar-refractivity contribution < 1.29 is 7.49 Å². The van der Waals surface area contributed by atoms with Gasteiger partial charge in [-0.15, -0.1) is 0 Å². The Hall–Kier alpha value is -1.30. The Balaban J connectivity index is 1.88. The molecule has 90 valence electrons. The molecule has 0 aliphatic carbocycles. The first-order valence-electron chi connectivity index (χ1n) is 5.69. The fourth-order valence-electron chi connectivity index (χ4n) is 1.88. The van der Waals surface area contributed by atoms with E-state index in [-0.39, 0.29) is 5.82 Å². The summed E-state index contributed by atoms with van der Waals surface area (Å²) in [6.07, 6.45) is 2.12. The van der Waals surface area contributed by atoms with Gasteiger partial charge in [0.15, 0.2) is 0 Å². The van der Waals surface area contributed by atoms with Crippen LogP contribution in [0.5, 0.6) is 0 Å². The molecule has 1 aliphatic rings. The van der Waals surface area contributed by atoms with E-state index in [0.717, 1.165) is 11.3 Å². The van der Waals surface area contributed by atoms with Crippen molar-refractivity contribution >= 4 is 27.1 Å². The SMILES string of the molecule is Fc1cccc(C2=CC(c3ccccc3)[Te]O2)c1. The topological polar surface area (TPSA) is 9.23 Å². The molecule has 2 aromatic rings. The van der Waals surface area contributed by atoms with Crippen LogP contribution in [0.4, 0.5) is 4.39 Å². The van der Waals surface area contributed by atoms with Gasteiger partial charge in [-0.3, -0.25) is 0 Å². The predicted octanol–water partition coefficient (Wildman–Crippen LogP) is 3.56. The van der Waals surface area contributed by atoms with Crippen molar-refractivity contribution in [2.75, 3.05) is 0 Å². The van der Waals surface area contributed by atoms with E-state index in [1.807, 2.05) is 24.3 Å². The van der Waals surface area contributed by atoms with E-state index < -0.39 is 21.3 Å². The van der Waals surface area contributed by atoms with Gasteiger partial charge < -0.3 is 0 Å². The first-order chi connectivity index (χ1) is 8.83. The Kier molecular flexibility index (Phi) is 3.36. The Bertz CT molecular complexity index is 580. The van der Waals surface area contributed by atoms with E-state index in [4.69, 9.17) is 3.10 Å². The summed E-state index contributed by atoms with van der Waals surface area (Å²) < 4.78 is 19.3. The molecule has 1 unspecified atom stereocenters. The third-order valence-electron chi connectivity index (χ3n) is 2.78. The van der Waals surface area contributed by atoms with Gasteiger partial charge in [0.25, 0.3) is 0 Å². The van der Waals surface area contributed by atoms with Gasteiger partial charge in [0.05, 0.1) is 0 Å². The molecule has 0 spiro atoms. The second kappa shape index (κ2) is 5.14. The molecule has 0 fully saturated rings. The average molecular weight is 354 g/mol. The van der Waals surface area contributed by atoms with E-state index in [9.17, 15) is 4.39 Å². The van der Waals surface area contributed by atoms with Crippen molar-refractivity contribution in [2.24, 2.45) is 0 Å². The molecule has 0 aromatic heterocycles. The van der Waals surface area contributed by atoms with Crippen LogP contribution >= 0.6 is 0 Å². The van der Waals surface area contributed by atoms with Crippen LogP contribution in [-0.4, -0.2) is 21.3 Å². The van der Waals surface area contributed by atoms with Crippen LogP contribution in [0.2, 0.25) is 0 Å². The first-order valence-corrected chi connectivity index (χ1v) is 7.99. The van der Waals surface area contributed by atoms with Crippen LogP contribution in [0, 0.1) is 5.82 Å². The standard InChI is InChI=1S/C15H11FOTe/c16-13-8-4-7-12(9-13)14-10-15(18-17-14)11-5-2-1-3-6-11/h1-10,15H. The van der Waals surface area contributed by atoms with Crippen LogP contribution in [-0.2, 0) is 3.10 Å². The van der Waals surface area contributed by atoms with Crippen molar-refractivity contribution in [3.63, 3.8) is 0 Å². The van der Waals surface area contributed by atoms with Crippen LogP contribution in [0.3, 0.4) is 0 Å². The third kappa shape index (κ3) is 2.43. The monoisotopic (exact) mass is 356 g/mol. The summed E-state index contributed by atoms with van der Waals surface area (Å²) >= 11 is -0.578. The summed E-state index contributed by atoms with van der Waals surface area (Å²) in [6, 6.07) is 16.9. The van der Waals surface area contributed by atoms with Crippen molar-refractivity contribution in [3.8, 4) is 0 Å². The molecule has 3 heteroatoms. The van der Waals surface area contributed by atoms with Crippen LogP contribution in [0.1, 0.15) is 15.1 Å². The fourth-order valence-corrected chi connectivity index (χ4v) is 4.18. The normalized spacial score (nSPS) is 18.3. The minimum absolute atomic E-state index is 0.222. The molecule has 1 nitrogen and oxygen atoms in total. The maximum absolute atomic E-state index is 13.2. The molecule has 0 amide bonds. The summed E-state index contributed by atoms with van der Waals surface area (Å²) in [4.78, 5) is 0. The molecule has 3 rings (SSSR count). The number of rotatable bonds is 2. The minimum atomic E-state index is -0.578. The van der Waals surface area contributed by atoms with Crippen molar-refractivity contribution in [3.05, 3.63) is 77.6 Å². The molecule has 0 saturated carbocycles. The van der Waals surface area contributed by atoms with E-state index >= 15 is 0 Å². The molecule has 0 bridgehead atoms. The number of allylic oxidation sites excluding steroid dienone is 1. The summed E-state index contributed by atoms with van der Waals surface area (Å²) in [7, 11) is 0. The molecule has 2 aromatic carbocycles. The van der Waals surface area contributed by atoms with E-state index in [1.54, 1.807) is 6.07 Å². The molecular formula is C15H11FOTe. The molecule has 0 N–H and O–H groups in total. The van der Waals surface area contributed by atoms with Crippen LogP contribution < -0.4 is 0 Å². The van der Waals surface area contributed by atoms with Gasteiger partial charge in [0.1, 0.15) is 0 Å². The molecule has 1 aliphatic heterocycles. The van der Waals surface area contributed by atoms with E-state index in [1.165, 1.54) is 17.7 Å². The van der Waals surface area contributed by atoms with Gasteiger partial charge in [-0.05, 0) is 0 Å². The van der Waals surface area contributed by atoms with Crippen LogP contribution in [0.25, 0.3) is 5.76 Å². The summed E-state index contributed by atoms with van der Waals surface area (Å²) in [5.74, 6) is 0.603. The van der Waals surface area contributed by atoms with Gasteiger partial charge >= 0.3 is 116 Å². The van der Waals surface area contributed by atoms with Gasteiger partial charge in [-0.1, -0.05) is 0 Å². The zero-order chi connectivity index (χ0) is 12.4. The number of benzene rings is 2. The molecule has 1 heterocycles. The van der Waals surface area contributed by atoms with Crippen LogP contribution in [0.15, 0.2) is 60.7 Å². The average Bonchev–Trinajstić information content (AvgIpc) is 2.89. The van der Waals surface area contributed by atoms with Gasteiger partial charge in [-0.25, -0.2) is 0 Å². The summed E-state index contributed by atoms with van der Waals surface area (Å²) in [5.41, 5.74) is 2.12. The third-order valence-corrected chi connectivity index (χ3v) is 5.33. The quantitative estimate of drug-likeness (QED) is 0.750. The molecule has 0 saturated heterocycles. The Morgan fingerprint density at radius 2 is 1.83 bits per heavy atom. The molecule has 0 radical (unpaired) electrons. The summed E-state index contributed by atoms with van der Waals surface area (Å²) in [6.45, 7) is 0. The zero-order valence-electron chi connectivity index (χ0n) is 9.55. The Morgan fingerprint density at radius 3 is 2.61 bits per heavy atom. The number of hydrogen-bond donors (Lipinski definition) is 0. The second-order valence-corrected chi connectivity index (χ2v) is 6.53. The van der Waals surface area contributed by atoms with E-state index in [0.29, 0.717) is 3.97 Å². The van der Waals surface area contributed by atoms with E-state index in [2.05, 4.69) is 18.2 Å². The Morgan fingerprint density at radius 1 is 1.00 bits per heavy atom. The van der Waals surface area contributed by atoms with Gasteiger partial charge in [0, 0.05) is 0 Å². The van der Waals surface area contributed by atoms with Crippen molar-refractivity contribution in [1.82, 2.24) is 0 Å². The number of hydrogen-bond acceptors (Lipinski definition) is 1.